The number of nitrogens with zero attached hydrogens (tertiary/aromatic N) is 2. The molecule has 0 aromatic heterocycles. The Morgan fingerprint density at radius 1 is 0.780 bits per heavy atom. The Balaban J connectivity index is 1.63. The normalized spacial score (nSPS) is 22.6. The van der Waals surface area contributed by atoms with Crippen LogP contribution in [-0.4, -0.2) is 85.0 Å². The number of alkyl carbamates (subject to hydrolysis) is 2. The molecule has 0 aliphatic heterocycles. The van der Waals surface area contributed by atoms with Gasteiger partial charge in [0.2, 0.25) is 12.2 Å². The van der Waals surface area contributed by atoms with Gasteiger partial charge in [-0.05, 0) is 45.4 Å². The van der Waals surface area contributed by atoms with E-state index in [1.807, 2.05) is 5.32 Å². The third kappa shape index (κ3) is 11.8. The molecule has 2 saturated carbocycles. The number of hydrogen-bond acceptors (Lipinski definition) is 13. The number of amides is 4. The van der Waals surface area contributed by atoms with Crippen LogP contribution in [0.4, 0.5) is 19.2 Å². The Hall–Kier alpha value is -4.95. The SMILES string of the molecule is CC(COC(=O)NC=CNC(=O)OOC(=O)NC1CCC(N=C=O)C1)(COC(=O)NC1CCC(N=C=O)C1)C(=O)O. The van der Waals surface area contributed by atoms with E-state index in [4.69, 9.17) is 9.47 Å². The molecule has 5 N–H and O–H groups in total. The van der Waals surface area contributed by atoms with Crippen LogP contribution in [0.15, 0.2) is 22.4 Å². The Bertz CT molecular complexity index is 1100. The molecule has 5 atom stereocenters. The van der Waals surface area contributed by atoms with Crippen molar-refractivity contribution in [2.24, 2.45) is 15.4 Å². The van der Waals surface area contributed by atoms with E-state index in [9.17, 15) is 38.7 Å². The maximum Gasteiger partial charge on any atom is 0.454 e. The molecule has 0 aromatic rings. The molecule has 18 heteroatoms. The van der Waals surface area contributed by atoms with Crippen molar-refractivity contribution >= 4 is 42.5 Å². The van der Waals surface area contributed by atoms with Crippen LogP contribution in [-0.2, 0) is 33.6 Å². The minimum atomic E-state index is -1.78. The molecule has 2 aliphatic carbocycles. The van der Waals surface area contributed by atoms with Crippen LogP contribution in [0, 0.1) is 5.41 Å². The van der Waals surface area contributed by atoms with Gasteiger partial charge in [-0.3, -0.25) is 15.4 Å². The molecular formula is C23H30N6O12. The number of ether oxygens (including phenoxy) is 2. The van der Waals surface area contributed by atoms with Crippen molar-refractivity contribution in [1.82, 2.24) is 21.3 Å². The van der Waals surface area contributed by atoms with E-state index in [-0.39, 0.29) is 24.2 Å². The van der Waals surface area contributed by atoms with Crippen molar-refractivity contribution in [3.8, 4) is 0 Å². The number of carboxylic acid groups (broad SMARTS) is 1. The van der Waals surface area contributed by atoms with Gasteiger partial charge in [-0.2, -0.15) is 0 Å². The van der Waals surface area contributed by atoms with Crippen molar-refractivity contribution < 1.29 is 57.9 Å². The van der Waals surface area contributed by atoms with Crippen molar-refractivity contribution in [1.29, 1.82) is 0 Å². The summed E-state index contributed by atoms with van der Waals surface area (Å²) in [6, 6.07) is -1.09. The smallest absolute Gasteiger partial charge is 0.454 e. The summed E-state index contributed by atoms with van der Waals surface area (Å²) < 4.78 is 9.84. The zero-order valence-electron chi connectivity index (χ0n) is 22.0. The number of carbonyl (C=O) groups is 5. The summed E-state index contributed by atoms with van der Waals surface area (Å²) in [5.41, 5.74) is -1.78. The minimum Gasteiger partial charge on any atom is -0.481 e. The number of rotatable bonds is 11. The summed E-state index contributed by atoms with van der Waals surface area (Å²) in [7, 11) is 0. The van der Waals surface area contributed by atoms with E-state index in [0.717, 1.165) is 12.4 Å². The number of carboxylic acids is 1. The van der Waals surface area contributed by atoms with Crippen LogP contribution in [0.3, 0.4) is 0 Å². The van der Waals surface area contributed by atoms with Gasteiger partial charge < -0.3 is 25.2 Å². The Labute approximate surface area is 232 Å². The number of aliphatic imine (C=N–C) groups is 2. The van der Waals surface area contributed by atoms with E-state index >= 15 is 0 Å². The summed E-state index contributed by atoms with van der Waals surface area (Å²) in [6.45, 7) is -0.0839. The lowest BCUT2D eigenvalue weighted by Gasteiger charge is -2.24. The Morgan fingerprint density at radius 2 is 1.24 bits per heavy atom. The third-order valence-electron chi connectivity index (χ3n) is 6.16. The lowest BCUT2D eigenvalue weighted by Crippen LogP contribution is -2.42. The Morgan fingerprint density at radius 3 is 1.76 bits per heavy atom. The summed E-state index contributed by atoms with van der Waals surface area (Å²) in [5.74, 6) is -1.40. The van der Waals surface area contributed by atoms with Crippen molar-refractivity contribution in [3.63, 3.8) is 0 Å². The van der Waals surface area contributed by atoms with Gasteiger partial charge in [-0.25, -0.2) is 48.5 Å². The summed E-state index contributed by atoms with van der Waals surface area (Å²) in [4.78, 5) is 95.1. The molecule has 5 unspecified atom stereocenters. The monoisotopic (exact) mass is 582 g/mol. The average molecular weight is 583 g/mol. The zero-order chi connectivity index (χ0) is 30.3. The Kier molecular flexibility index (Phi) is 12.8. The maximum absolute atomic E-state index is 12.0. The van der Waals surface area contributed by atoms with Crippen molar-refractivity contribution in [3.05, 3.63) is 12.4 Å². The average Bonchev–Trinajstić information content (AvgIpc) is 3.56. The predicted molar refractivity (Wildman–Crippen MR) is 132 cm³/mol. The lowest BCUT2D eigenvalue weighted by atomic mass is 9.93. The second-order valence-corrected chi connectivity index (χ2v) is 9.44. The summed E-state index contributed by atoms with van der Waals surface area (Å²) in [6.07, 6.45) is 3.67. The quantitative estimate of drug-likeness (QED) is 0.0985. The topological polar surface area (TPSA) is 249 Å². The molecule has 0 saturated heterocycles. The lowest BCUT2D eigenvalue weighted by molar-refractivity contribution is -0.178. The zero-order valence-corrected chi connectivity index (χ0v) is 22.0. The first-order valence-corrected chi connectivity index (χ1v) is 12.4. The maximum atomic E-state index is 12.0. The number of nitrogens with one attached hydrogen (secondary N) is 4. The highest BCUT2D eigenvalue weighted by molar-refractivity contribution is 5.76. The van der Waals surface area contributed by atoms with E-state index in [1.54, 1.807) is 0 Å². The van der Waals surface area contributed by atoms with E-state index in [0.29, 0.717) is 38.5 Å². The number of carbonyl (C=O) groups excluding carboxylic acids is 6. The van der Waals surface area contributed by atoms with Crippen LogP contribution >= 0.6 is 0 Å². The molecule has 0 bridgehead atoms. The second-order valence-electron chi connectivity index (χ2n) is 9.44. The van der Waals surface area contributed by atoms with Crippen LogP contribution in [0.1, 0.15) is 45.4 Å². The fourth-order valence-corrected chi connectivity index (χ4v) is 3.94. The van der Waals surface area contributed by atoms with Gasteiger partial charge in [0.15, 0.2) is 0 Å². The number of hydrogen-bond donors (Lipinski definition) is 5. The van der Waals surface area contributed by atoms with Crippen molar-refractivity contribution in [2.45, 2.75) is 69.6 Å². The molecule has 2 rings (SSSR count). The van der Waals surface area contributed by atoms with Gasteiger partial charge in [0, 0.05) is 24.5 Å². The molecule has 224 valence electrons. The molecule has 0 radical (unpaired) electrons. The first-order valence-electron chi connectivity index (χ1n) is 12.4. The highest BCUT2D eigenvalue weighted by Gasteiger charge is 2.37. The minimum absolute atomic E-state index is 0.244. The molecule has 41 heavy (non-hydrogen) atoms. The highest BCUT2D eigenvalue weighted by Crippen LogP contribution is 2.23. The van der Waals surface area contributed by atoms with Gasteiger partial charge in [0.1, 0.15) is 18.6 Å². The summed E-state index contributed by atoms with van der Waals surface area (Å²) >= 11 is 0. The van der Waals surface area contributed by atoms with Crippen LogP contribution in [0.25, 0.3) is 0 Å². The molecular weight excluding hydrogens is 552 g/mol. The fourth-order valence-electron chi connectivity index (χ4n) is 3.94. The molecule has 0 heterocycles. The predicted octanol–water partition coefficient (Wildman–Crippen LogP) is 0.882. The van der Waals surface area contributed by atoms with E-state index in [1.165, 1.54) is 19.1 Å². The third-order valence-corrected chi connectivity index (χ3v) is 6.16. The largest absolute Gasteiger partial charge is 0.481 e. The van der Waals surface area contributed by atoms with Gasteiger partial charge in [-0.1, -0.05) is 0 Å². The molecule has 0 spiro atoms. The van der Waals surface area contributed by atoms with Crippen LogP contribution in [0.5, 0.6) is 0 Å². The number of aliphatic carboxylic acids is 1. The number of isocyanates is 2. The molecule has 4 amide bonds. The van der Waals surface area contributed by atoms with Crippen LogP contribution in [0.2, 0.25) is 0 Å². The highest BCUT2D eigenvalue weighted by atomic mass is 17.2. The molecule has 0 aromatic carbocycles. The van der Waals surface area contributed by atoms with Gasteiger partial charge >= 0.3 is 30.3 Å². The van der Waals surface area contributed by atoms with E-state index < -0.39 is 49.0 Å². The molecule has 2 fully saturated rings. The standard InChI is InChI=1S/C23H30N6O12/c1-23(18(32)33,11-39-21(36)28-16-4-2-14(8-16)26-12-30)10-38-19(34)24-6-7-25-20(35)40-41-22(37)29-17-5-3-15(9-17)27-13-31/h6-7,14-17H,2-5,8-11H2,1H3,(H,24,34)(H,25,35)(H,28,36)(H,29,37)(H,32,33). The molecule has 2 aliphatic rings. The first kappa shape index (κ1) is 32.3. The first-order chi connectivity index (χ1) is 19.5. The van der Waals surface area contributed by atoms with Gasteiger partial charge in [0.05, 0.1) is 12.1 Å². The fraction of sp³-hybridized carbons (Fsp3) is 0.609. The van der Waals surface area contributed by atoms with Gasteiger partial charge in [-0.15, -0.1) is 0 Å². The van der Waals surface area contributed by atoms with Crippen molar-refractivity contribution in [2.75, 3.05) is 13.2 Å². The van der Waals surface area contributed by atoms with E-state index in [2.05, 4.69) is 35.7 Å². The van der Waals surface area contributed by atoms with Crippen LogP contribution < -0.4 is 21.3 Å². The van der Waals surface area contributed by atoms with Gasteiger partial charge in [0.25, 0.3) is 0 Å². The summed E-state index contributed by atoms with van der Waals surface area (Å²) in [5, 5.41) is 18.6. The molecule has 18 nitrogen and oxygen atoms in total. The second kappa shape index (κ2) is 16.2.